The number of hydrogen-bond acceptors (Lipinski definition) is 1. The largest absolute Gasteiger partial charge is 0.507 e. The highest BCUT2D eigenvalue weighted by Gasteiger charge is 2.11. The summed E-state index contributed by atoms with van der Waals surface area (Å²) in [6.45, 7) is 0. The summed E-state index contributed by atoms with van der Waals surface area (Å²) >= 11 is 5.55. The van der Waals surface area contributed by atoms with Crippen molar-refractivity contribution in [3.8, 4) is 16.9 Å². The van der Waals surface area contributed by atoms with Gasteiger partial charge in [-0.15, -0.1) is 0 Å². The number of benzene rings is 2. The first-order valence-electron chi connectivity index (χ1n) is 4.62. The second-order valence-electron chi connectivity index (χ2n) is 3.41. The third-order valence-corrected chi connectivity index (χ3v) is 2.56. The molecule has 0 bridgehead atoms. The molecule has 0 saturated carbocycles. The molecule has 0 spiro atoms. The highest BCUT2D eigenvalue weighted by molar-refractivity contribution is 6.31. The van der Waals surface area contributed by atoms with Crippen LogP contribution < -0.4 is 0 Å². The van der Waals surface area contributed by atoms with Crippen molar-refractivity contribution in [3.05, 3.63) is 52.8 Å². The van der Waals surface area contributed by atoms with Gasteiger partial charge in [0.25, 0.3) is 0 Å². The van der Waals surface area contributed by atoms with Crippen molar-refractivity contribution >= 4 is 11.6 Å². The molecule has 2 aromatic carbocycles. The molecular formula is C12H6ClF3O. The van der Waals surface area contributed by atoms with Crippen molar-refractivity contribution in [2.24, 2.45) is 0 Å². The standard InChI is InChI=1S/C12H6ClF3O/c13-8-4-7(12(17)5-10(8)15)6-1-2-9(14)11(16)3-6/h1-5,17H. The number of phenolic OH excluding ortho intramolecular Hbond substituents is 1. The molecule has 0 heterocycles. The molecule has 0 aromatic heterocycles. The van der Waals surface area contributed by atoms with Gasteiger partial charge in [0.05, 0.1) is 5.02 Å². The van der Waals surface area contributed by atoms with Crippen LogP contribution >= 0.6 is 11.6 Å². The van der Waals surface area contributed by atoms with Gasteiger partial charge < -0.3 is 5.11 Å². The Morgan fingerprint density at radius 3 is 2.24 bits per heavy atom. The third-order valence-electron chi connectivity index (χ3n) is 2.27. The van der Waals surface area contributed by atoms with Crippen LogP contribution in [-0.4, -0.2) is 5.11 Å². The monoisotopic (exact) mass is 258 g/mol. The van der Waals surface area contributed by atoms with Crippen LogP contribution in [0.4, 0.5) is 13.2 Å². The van der Waals surface area contributed by atoms with E-state index in [0.29, 0.717) is 0 Å². The molecule has 0 saturated heterocycles. The van der Waals surface area contributed by atoms with Crippen LogP contribution in [0.5, 0.6) is 5.75 Å². The molecule has 0 aliphatic heterocycles. The van der Waals surface area contributed by atoms with Gasteiger partial charge in [0.1, 0.15) is 11.6 Å². The highest BCUT2D eigenvalue weighted by atomic mass is 35.5. The first-order valence-corrected chi connectivity index (χ1v) is 5.00. The van der Waals surface area contributed by atoms with E-state index < -0.39 is 23.2 Å². The Labute approximate surface area is 100 Å². The number of halogens is 4. The average molecular weight is 259 g/mol. The van der Waals surface area contributed by atoms with Crippen LogP contribution in [-0.2, 0) is 0 Å². The van der Waals surface area contributed by atoms with E-state index >= 15 is 0 Å². The smallest absolute Gasteiger partial charge is 0.159 e. The molecule has 1 nitrogen and oxygen atoms in total. The topological polar surface area (TPSA) is 20.2 Å². The number of hydrogen-bond donors (Lipinski definition) is 1. The summed E-state index contributed by atoms with van der Waals surface area (Å²) in [5, 5.41) is 9.31. The predicted octanol–water partition coefficient (Wildman–Crippen LogP) is 4.13. The van der Waals surface area contributed by atoms with E-state index in [4.69, 9.17) is 11.6 Å². The second kappa shape index (κ2) is 4.30. The van der Waals surface area contributed by atoms with Gasteiger partial charge in [-0.2, -0.15) is 0 Å². The maximum absolute atomic E-state index is 13.0. The quantitative estimate of drug-likeness (QED) is 0.815. The van der Waals surface area contributed by atoms with E-state index in [2.05, 4.69) is 0 Å². The average Bonchev–Trinajstić information content (AvgIpc) is 2.27. The molecule has 88 valence electrons. The molecule has 0 unspecified atom stereocenters. The molecule has 0 amide bonds. The fourth-order valence-corrected chi connectivity index (χ4v) is 1.59. The number of rotatable bonds is 1. The van der Waals surface area contributed by atoms with Crippen molar-refractivity contribution in [2.45, 2.75) is 0 Å². The minimum absolute atomic E-state index is 0.135. The Kier molecular flexibility index (Phi) is 2.98. The maximum Gasteiger partial charge on any atom is 0.159 e. The van der Waals surface area contributed by atoms with E-state index in [-0.39, 0.29) is 16.1 Å². The van der Waals surface area contributed by atoms with Gasteiger partial charge in [0, 0.05) is 11.6 Å². The van der Waals surface area contributed by atoms with Crippen molar-refractivity contribution in [1.82, 2.24) is 0 Å². The van der Waals surface area contributed by atoms with Gasteiger partial charge in [-0.05, 0) is 23.8 Å². The van der Waals surface area contributed by atoms with E-state index in [0.717, 1.165) is 24.3 Å². The maximum atomic E-state index is 13.0. The molecule has 1 N–H and O–H groups in total. The summed E-state index contributed by atoms with van der Waals surface area (Å²) in [4.78, 5) is 0. The Hall–Kier alpha value is -1.68. The van der Waals surface area contributed by atoms with Gasteiger partial charge in [0.2, 0.25) is 0 Å². The molecule has 2 rings (SSSR count). The van der Waals surface area contributed by atoms with Gasteiger partial charge in [-0.1, -0.05) is 17.7 Å². The van der Waals surface area contributed by atoms with Gasteiger partial charge >= 0.3 is 0 Å². The van der Waals surface area contributed by atoms with E-state index in [9.17, 15) is 18.3 Å². The third kappa shape index (κ3) is 2.22. The normalized spacial score (nSPS) is 10.6. The second-order valence-corrected chi connectivity index (χ2v) is 3.82. The molecule has 0 fully saturated rings. The number of aromatic hydroxyl groups is 1. The van der Waals surface area contributed by atoms with Crippen LogP contribution in [0, 0.1) is 17.5 Å². The predicted molar refractivity (Wildman–Crippen MR) is 58.4 cm³/mol. The molecule has 0 radical (unpaired) electrons. The fourth-order valence-electron chi connectivity index (χ4n) is 1.43. The summed E-state index contributed by atoms with van der Waals surface area (Å²) in [7, 11) is 0. The lowest BCUT2D eigenvalue weighted by Gasteiger charge is -2.06. The molecule has 17 heavy (non-hydrogen) atoms. The first-order chi connectivity index (χ1) is 7.99. The van der Waals surface area contributed by atoms with E-state index in [1.165, 1.54) is 6.07 Å². The highest BCUT2D eigenvalue weighted by Crippen LogP contribution is 2.33. The van der Waals surface area contributed by atoms with Gasteiger partial charge in [-0.25, -0.2) is 13.2 Å². The summed E-state index contributed by atoms with van der Waals surface area (Å²) in [5.74, 6) is -3.22. The lowest BCUT2D eigenvalue weighted by Crippen LogP contribution is -1.87. The van der Waals surface area contributed by atoms with Crippen LogP contribution in [0.2, 0.25) is 5.02 Å². The number of phenols is 1. The lowest BCUT2D eigenvalue weighted by molar-refractivity contribution is 0.471. The fraction of sp³-hybridized carbons (Fsp3) is 0. The summed E-state index contributed by atoms with van der Waals surface area (Å²) < 4.78 is 38.7. The zero-order valence-electron chi connectivity index (χ0n) is 8.35. The molecule has 0 aliphatic rings. The molecule has 0 aliphatic carbocycles. The first kappa shape index (κ1) is 11.8. The minimum atomic E-state index is -1.05. The van der Waals surface area contributed by atoms with E-state index in [1.807, 2.05) is 0 Å². The lowest BCUT2D eigenvalue weighted by atomic mass is 10.0. The molecule has 0 atom stereocenters. The Bertz CT molecular complexity index is 584. The zero-order chi connectivity index (χ0) is 12.6. The summed E-state index contributed by atoms with van der Waals surface area (Å²) in [6, 6.07) is 5.06. The minimum Gasteiger partial charge on any atom is -0.507 e. The van der Waals surface area contributed by atoms with Crippen LogP contribution in [0.3, 0.4) is 0 Å². The Morgan fingerprint density at radius 1 is 0.882 bits per heavy atom. The van der Waals surface area contributed by atoms with Crippen LogP contribution in [0.1, 0.15) is 0 Å². The van der Waals surface area contributed by atoms with Crippen molar-refractivity contribution < 1.29 is 18.3 Å². The Morgan fingerprint density at radius 2 is 1.59 bits per heavy atom. The van der Waals surface area contributed by atoms with Crippen LogP contribution in [0.15, 0.2) is 30.3 Å². The molecule has 2 aromatic rings. The van der Waals surface area contributed by atoms with E-state index in [1.54, 1.807) is 0 Å². The SMILES string of the molecule is Oc1cc(F)c(Cl)cc1-c1ccc(F)c(F)c1. The van der Waals surface area contributed by atoms with Crippen LogP contribution in [0.25, 0.3) is 11.1 Å². The summed E-state index contributed by atoms with van der Waals surface area (Å²) in [6.07, 6.45) is 0. The van der Waals surface area contributed by atoms with Gasteiger partial charge in [-0.3, -0.25) is 0 Å². The summed E-state index contributed by atoms with van der Waals surface area (Å²) in [5.41, 5.74) is 0.346. The van der Waals surface area contributed by atoms with Crippen molar-refractivity contribution in [1.29, 1.82) is 0 Å². The molecular weight excluding hydrogens is 253 g/mol. The Balaban J connectivity index is 2.60. The zero-order valence-corrected chi connectivity index (χ0v) is 9.10. The van der Waals surface area contributed by atoms with Crippen molar-refractivity contribution in [3.63, 3.8) is 0 Å². The molecule has 5 heteroatoms. The van der Waals surface area contributed by atoms with Crippen molar-refractivity contribution in [2.75, 3.05) is 0 Å². The van der Waals surface area contributed by atoms with Gasteiger partial charge in [0.15, 0.2) is 11.6 Å².